The summed E-state index contributed by atoms with van der Waals surface area (Å²) >= 11 is 6.33. The number of rotatable bonds is 4. The van der Waals surface area contributed by atoms with Gasteiger partial charge < -0.3 is 9.72 Å². The normalized spacial score (nSPS) is 18.9. The van der Waals surface area contributed by atoms with Crippen LogP contribution < -0.4 is 10.2 Å². The molecule has 1 fully saturated rings. The average molecular weight is 349 g/mol. The van der Waals surface area contributed by atoms with E-state index in [1.54, 1.807) is 19.2 Å². The molecule has 1 aliphatic heterocycles. The second kappa shape index (κ2) is 7.16. The van der Waals surface area contributed by atoms with Gasteiger partial charge in [0, 0.05) is 23.8 Å². The minimum atomic E-state index is 0.0191. The zero-order valence-electron chi connectivity index (χ0n) is 14.6. The standard InChI is InChI=1S/C19H25ClN2O2/c1-4-13-7-5-6-10-22(13)11-14-12(2)21-18-16(24-3)9-8-15(20)17(18)19(14)23/h8-9,13H,4-7,10-11H2,1-3H3,(H,21,23)/t13-/m1/s1. The SMILES string of the molecule is CC[C@@H]1CCCCN1Cc1c(C)[nH]c2c(OC)ccc(Cl)c2c1=O. The van der Waals surface area contributed by atoms with E-state index in [0.29, 0.717) is 34.3 Å². The highest BCUT2D eigenvalue weighted by molar-refractivity contribution is 6.35. The molecule has 0 unspecified atom stereocenters. The molecule has 24 heavy (non-hydrogen) atoms. The van der Waals surface area contributed by atoms with Gasteiger partial charge in [-0.1, -0.05) is 24.9 Å². The molecule has 3 rings (SSSR count). The number of halogens is 1. The van der Waals surface area contributed by atoms with Crippen molar-refractivity contribution in [3.8, 4) is 5.75 Å². The van der Waals surface area contributed by atoms with Crippen LogP contribution in [0, 0.1) is 6.92 Å². The van der Waals surface area contributed by atoms with Crippen molar-refractivity contribution in [1.82, 2.24) is 9.88 Å². The van der Waals surface area contributed by atoms with Gasteiger partial charge in [-0.3, -0.25) is 9.69 Å². The molecule has 0 amide bonds. The van der Waals surface area contributed by atoms with E-state index < -0.39 is 0 Å². The average Bonchev–Trinajstić information content (AvgIpc) is 2.59. The Hall–Kier alpha value is -1.52. The highest BCUT2D eigenvalue weighted by Gasteiger charge is 2.23. The van der Waals surface area contributed by atoms with Gasteiger partial charge in [-0.15, -0.1) is 0 Å². The number of likely N-dealkylation sites (tertiary alicyclic amines) is 1. The summed E-state index contributed by atoms with van der Waals surface area (Å²) in [5.41, 5.74) is 2.42. The second-order valence-electron chi connectivity index (χ2n) is 6.59. The first-order chi connectivity index (χ1) is 11.6. The molecular weight excluding hydrogens is 324 g/mol. The van der Waals surface area contributed by atoms with Crippen LogP contribution in [-0.2, 0) is 6.54 Å². The molecule has 0 radical (unpaired) electrons. The fourth-order valence-corrected chi connectivity index (χ4v) is 4.03. The van der Waals surface area contributed by atoms with Gasteiger partial charge >= 0.3 is 0 Å². The number of fused-ring (bicyclic) bond motifs is 1. The maximum atomic E-state index is 13.1. The molecule has 4 nitrogen and oxygen atoms in total. The molecule has 5 heteroatoms. The zero-order valence-corrected chi connectivity index (χ0v) is 15.4. The van der Waals surface area contributed by atoms with Gasteiger partial charge in [0.05, 0.1) is 23.0 Å². The summed E-state index contributed by atoms with van der Waals surface area (Å²) in [7, 11) is 1.60. The number of pyridine rings is 1. The summed E-state index contributed by atoms with van der Waals surface area (Å²) in [5.74, 6) is 0.644. The van der Waals surface area contributed by atoms with Crippen LogP contribution in [0.2, 0.25) is 5.02 Å². The van der Waals surface area contributed by atoms with Crippen LogP contribution >= 0.6 is 11.6 Å². The number of aryl methyl sites for hydroxylation is 1. The van der Waals surface area contributed by atoms with Crippen LogP contribution in [0.4, 0.5) is 0 Å². The number of nitrogens with one attached hydrogen (secondary N) is 1. The predicted octanol–water partition coefficient (Wildman–Crippen LogP) is 4.26. The third kappa shape index (κ3) is 3.05. The topological polar surface area (TPSA) is 45.3 Å². The lowest BCUT2D eigenvalue weighted by Crippen LogP contribution is -2.39. The van der Waals surface area contributed by atoms with E-state index in [1.165, 1.54) is 19.3 Å². The van der Waals surface area contributed by atoms with Crippen LogP contribution in [0.5, 0.6) is 5.75 Å². The largest absolute Gasteiger partial charge is 0.495 e. The van der Waals surface area contributed by atoms with Crippen LogP contribution in [0.3, 0.4) is 0 Å². The number of aromatic amines is 1. The van der Waals surface area contributed by atoms with Gasteiger partial charge in [-0.25, -0.2) is 0 Å². The highest BCUT2D eigenvalue weighted by atomic mass is 35.5. The lowest BCUT2D eigenvalue weighted by Gasteiger charge is -2.35. The monoisotopic (exact) mass is 348 g/mol. The lowest BCUT2D eigenvalue weighted by molar-refractivity contribution is 0.135. The van der Waals surface area contributed by atoms with E-state index in [9.17, 15) is 4.79 Å². The summed E-state index contributed by atoms with van der Waals surface area (Å²) in [6, 6.07) is 4.08. The Balaban J connectivity index is 2.09. The molecule has 1 atom stereocenters. The fourth-order valence-electron chi connectivity index (χ4n) is 3.78. The summed E-state index contributed by atoms with van der Waals surface area (Å²) in [5, 5.41) is 1.00. The first-order valence-corrected chi connectivity index (χ1v) is 9.06. The summed E-state index contributed by atoms with van der Waals surface area (Å²) in [6.07, 6.45) is 4.83. The number of hydrogen-bond donors (Lipinski definition) is 1. The van der Waals surface area contributed by atoms with Crippen molar-refractivity contribution in [2.75, 3.05) is 13.7 Å². The molecule has 1 aromatic carbocycles. The molecule has 2 aromatic rings. The fraction of sp³-hybridized carbons (Fsp3) is 0.526. The van der Waals surface area contributed by atoms with E-state index in [2.05, 4.69) is 16.8 Å². The summed E-state index contributed by atoms with van der Waals surface area (Å²) in [4.78, 5) is 18.9. The number of H-pyrrole nitrogens is 1. The van der Waals surface area contributed by atoms with Gasteiger partial charge in [-0.05, 0) is 44.9 Å². The Morgan fingerprint density at radius 3 is 2.88 bits per heavy atom. The van der Waals surface area contributed by atoms with E-state index in [-0.39, 0.29) is 5.43 Å². The van der Waals surface area contributed by atoms with Crippen molar-refractivity contribution in [1.29, 1.82) is 0 Å². The molecule has 0 bridgehead atoms. The molecule has 1 saturated heterocycles. The molecule has 130 valence electrons. The minimum absolute atomic E-state index is 0.0191. The van der Waals surface area contributed by atoms with E-state index in [0.717, 1.165) is 24.2 Å². The number of hydrogen-bond acceptors (Lipinski definition) is 3. The quantitative estimate of drug-likeness (QED) is 0.897. The van der Waals surface area contributed by atoms with Crippen molar-refractivity contribution in [3.63, 3.8) is 0 Å². The molecular formula is C19H25ClN2O2. The molecule has 0 aliphatic carbocycles. The van der Waals surface area contributed by atoms with E-state index in [1.807, 2.05) is 6.92 Å². The van der Waals surface area contributed by atoms with Gasteiger partial charge in [-0.2, -0.15) is 0 Å². The van der Waals surface area contributed by atoms with Crippen LogP contribution in [0.15, 0.2) is 16.9 Å². The van der Waals surface area contributed by atoms with Gasteiger partial charge in [0.25, 0.3) is 0 Å². The van der Waals surface area contributed by atoms with Crippen LogP contribution in [0.1, 0.15) is 43.9 Å². The number of benzene rings is 1. The molecule has 0 saturated carbocycles. The molecule has 1 aromatic heterocycles. The van der Waals surface area contributed by atoms with Crippen molar-refractivity contribution in [2.24, 2.45) is 0 Å². The lowest BCUT2D eigenvalue weighted by atomic mass is 9.98. The Kier molecular flexibility index (Phi) is 5.16. The van der Waals surface area contributed by atoms with Crippen molar-refractivity contribution in [3.05, 3.63) is 38.6 Å². The first kappa shape index (κ1) is 17.3. The number of methoxy groups -OCH3 is 1. The highest BCUT2D eigenvalue weighted by Crippen LogP contribution is 2.29. The number of piperidine rings is 1. The van der Waals surface area contributed by atoms with E-state index >= 15 is 0 Å². The van der Waals surface area contributed by atoms with E-state index in [4.69, 9.17) is 16.3 Å². The Morgan fingerprint density at radius 1 is 1.38 bits per heavy atom. The number of nitrogens with zero attached hydrogens (tertiary/aromatic N) is 1. The maximum Gasteiger partial charge on any atom is 0.195 e. The minimum Gasteiger partial charge on any atom is -0.495 e. The Morgan fingerprint density at radius 2 is 2.17 bits per heavy atom. The van der Waals surface area contributed by atoms with Crippen molar-refractivity contribution >= 4 is 22.5 Å². The third-order valence-corrected chi connectivity index (χ3v) is 5.50. The second-order valence-corrected chi connectivity index (χ2v) is 6.99. The van der Waals surface area contributed by atoms with Gasteiger partial charge in [0.15, 0.2) is 5.43 Å². The van der Waals surface area contributed by atoms with Crippen LogP contribution in [0.25, 0.3) is 10.9 Å². The van der Waals surface area contributed by atoms with Crippen molar-refractivity contribution < 1.29 is 4.74 Å². The zero-order chi connectivity index (χ0) is 17.3. The molecule has 0 spiro atoms. The Labute approximate surface area is 147 Å². The molecule has 1 aliphatic rings. The smallest absolute Gasteiger partial charge is 0.195 e. The molecule has 1 N–H and O–H groups in total. The number of ether oxygens (including phenoxy) is 1. The van der Waals surface area contributed by atoms with Crippen molar-refractivity contribution in [2.45, 2.75) is 52.1 Å². The Bertz CT molecular complexity index is 800. The summed E-state index contributed by atoms with van der Waals surface area (Å²) < 4.78 is 5.38. The predicted molar refractivity (Wildman–Crippen MR) is 99.2 cm³/mol. The van der Waals surface area contributed by atoms with Gasteiger partial charge in [0.1, 0.15) is 5.75 Å². The van der Waals surface area contributed by atoms with Crippen LogP contribution in [-0.4, -0.2) is 29.6 Å². The molecule has 2 heterocycles. The van der Waals surface area contributed by atoms with Gasteiger partial charge in [0.2, 0.25) is 0 Å². The summed E-state index contributed by atoms with van der Waals surface area (Å²) in [6.45, 7) is 5.92. The first-order valence-electron chi connectivity index (χ1n) is 8.68. The number of aromatic nitrogens is 1. The maximum absolute atomic E-state index is 13.1. The third-order valence-electron chi connectivity index (χ3n) is 5.18.